The van der Waals surface area contributed by atoms with E-state index in [0.717, 1.165) is 30.5 Å². The Kier molecular flexibility index (Phi) is 4.12. The number of carbonyl (C=O) groups excluding carboxylic acids is 2. The van der Waals surface area contributed by atoms with Crippen LogP contribution in [0.3, 0.4) is 0 Å². The Hall–Kier alpha value is -2.24. The van der Waals surface area contributed by atoms with Gasteiger partial charge in [0.15, 0.2) is 0 Å². The van der Waals surface area contributed by atoms with E-state index in [2.05, 4.69) is 10.6 Å². The van der Waals surface area contributed by atoms with Crippen molar-refractivity contribution in [1.82, 2.24) is 10.6 Å². The number of carbonyl (C=O) groups is 2. The van der Waals surface area contributed by atoms with Gasteiger partial charge in [0.25, 0.3) is 0 Å². The van der Waals surface area contributed by atoms with Gasteiger partial charge in [-0.25, -0.2) is 4.79 Å². The molecule has 2 rings (SSSR count). The molecule has 0 radical (unpaired) electrons. The molecule has 1 aromatic rings. The number of rotatable bonds is 3. The van der Waals surface area contributed by atoms with Crippen LogP contribution in [0.15, 0.2) is 18.2 Å². The summed E-state index contributed by atoms with van der Waals surface area (Å²) < 4.78 is 0. The van der Waals surface area contributed by atoms with Crippen LogP contribution in [0.4, 0.5) is 10.5 Å². The van der Waals surface area contributed by atoms with Gasteiger partial charge in [-0.3, -0.25) is 4.79 Å². The van der Waals surface area contributed by atoms with E-state index < -0.39 is 12.1 Å². The molecule has 6 heteroatoms. The molecular weight excluding hydrogens is 256 g/mol. The van der Waals surface area contributed by atoms with Crippen molar-refractivity contribution in [2.45, 2.75) is 38.3 Å². The van der Waals surface area contributed by atoms with E-state index in [-0.39, 0.29) is 11.9 Å². The molecule has 20 heavy (non-hydrogen) atoms. The van der Waals surface area contributed by atoms with Crippen molar-refractivity contribution in [3.05, 3.63) is 29.3 Å². The highest BCUT2D eigenvalue weighted by atomic mass is 16.2. The molecule has 0 bridgehead atoms. The summed E-state index contributed by atoms with van der Waals surface area (Å²) in [6.45, 7) is 1.60. The number of amides is 3. The maximum atomic E-state index is 12.0. The van der Waals surface area contributed by atoms with E-state index in [1.165, 1.54) is 5.56 Å². The minimum Gasteiger partial charge on any atom is -0.399 e. The third-order valence-corrected chi connectivity index (χ3v) is 3.55. The van der Waals surface area contributed by atoms with E-state index in [1.807, 2.05) is 18.2 Å². The first kappa shape index (κ1) is 14.2. The van der Waals surface area contributed by atoms with Gasteiger partial charge in [0.1, 0.15) is 6.04 Å². The quantitative estimate of drug-likeness (QED) is 0.613. The summed E-state index contributed by atoms with van der Waals surface area (Å²) in [7, 11) is 0. The summed E-state index contributed by atoms with van der Waals surface area (Å²) in [5.74, 6) is -0.238. The van der Waals surface area contributed by atoms with Crippen molar-refractivity contribution in [3.63, 3.8) is 0 Å². The summed E-state index contributed by atoms with van der Waals surface area (Å²) in [6.07, 6.45) is 2.85. The Balaban J connectivity index is 2.08. The maximum absolute atomic E-state index is 12.0. The normalized spacial score (nSPS) is 18.8. The second kappa shape index (κ2) is 5.81. The molecule has 1 aliphatic carbocycles. The lowest BCUT2D eigenvalue weighted by Crippen LogP contribution is -2.47. The fraction of sp³-hybridized carbons (Fsp3) is 0.429. The van der Waals surface area contributed by atoms with Gasteiger partial charge < -0.3 is 22.1 Å². The molecule has 2 unspecified atom stereocenters. The zero-order chi connectivity index (χ0) is 14.7. The molecule has 1 aliphatic rings. The van der Waals surface area contributed by atoms with Crippen molar-refractivity contribution in [3.8, 4) is 0 Å². The molecule has 1 aromatic carbocycles. The van der Waals surface area contributed by atoms with Crippen molar-refractivity contribution >= 4 is 17.6 Å². The third kappa shape index (κ3) is 3.20. The lowest BCUT2D eigenvalue weighted by Gasteiger charge is -2.27. The molecular formula is C14H20N4O2. The fourth-order valence-electron chi connectivity index (χ4n) is 2.56. The maximum Gasteiger partial charge on any atom is 0.312 e. The molecule has 0 saturated carbocycles. The monoisotopic (exact) mass is 276 g/mol. The number of fused-ring (bicyclic) bond motifs is 1. The zero-order valence-corrected chi connectivity index (χ0v) is 11.5. The number of benzene rings is 1. The lowest BCUT2D eigenvalue weighted by molar-refractivity contribution is -0.123. The largest absolute Gasteiger partial charge is 0.399 e. The second-order valence-electron chi connectivity index (χ2n) is 5.14. The van der Waals surface area contributed by atoms with Crippen LogP contribution in [-0.4, -0.2) is 18.0 Å². The number of primary amides is 1. The predicted octanol–water partition coefficient (Wildman–Crippen LogP) is 0.819. The van der Waals surface area contributed by atoms with E-state index in [1.54, 1.807) is 6.92 Å². The fourth-order valence-corrected chi connectivity index (χ4v) is 2.56. The van der Waals surface area contributed by atoms with E-state index in [9.17, 15) is 9.59 Å². The van der Waals surface area contributed by atoms with Crippen molar-refractivity contribution in [2.24, 2.45) is 5.73 Å². The van der Waals surface area contributed by atoms with Crippen LogP contribution in [0.2, 0.25) is 0 Å². The first-order valence-electron chi connectivity index (χ1n) is 6.72. The number of nitrogens with one attached hydrogen (secondary N) is 2. The molecule has 3 amide bonds. The Morgan fingerprint density at radius 3 is 2.85 bits per heavy atom. The van der Waals surface area contributed by atoms with Crippen LogP contribution in [0.5, 0.6) is 0 Å². The van der Waals surface area contributed by atoms with E-state index in [0.29, 0.717) is 0 Å². The smallest absolute Gasteiger partial charge is 0.312 e. The number of urea groups is 1. The Morgan fingerprint density at radius 2 is 2.15 bits per heavy atom. The first-order chi connectivity index (χ1) is 9.47. The van der Waals surface area contributed by atoms with Gasteiger partial charge in [-0.05, 0) is 49.4 Å². The third-order valence-electron chi connectivity index (χ3n) is 3.55. The van der Waals surface area contributed by atoms with Gasteiger partial charge in [-0.2, -0.15) is 0 Å². The molecule has 6 nitrogen and oxygen atoms in total. The number of nitrogens with two attached hydrogens (primary N) is 2. The Morgan fingerprint density at radius 1 is 1.40 bits per heavy atom. The van der Waals surface area contributed by atoms with Gasteiger partial charge in [0, 0.05) is 5.69 Å². The average Bonchev–Trinajstić information content (AvgIpc) is 2.37. The molecule has 0 fully saturated rings. The molecule has 108 valence electrons. The number of anilines is 1. The van der Waals surface area contributed by atoms with Crippen molar-refractivity contribution in [1.29, 1.82) is 0 Å². The van der Waals surface area contributed by atoms with Crippen LogP contribution in [0, 0.1) is 0 Å². The average molecular weight is 276 g/mol. The van der Waals surface area contributed by atoms with Gasteiger partial charge in [-0.1, -0.05) is 6.07 Å². The van der Waals surface area contributed by atoms with Gasteiger partial charge in [0.05, 0.1) is 6.04 Å². The second-order valence-corrected chi connectivity index (χ2v) is 5.14. The number of aryl methyl sites for hydroxylation is 1. The minimum absolute atomic E-state index is 0.0380. The van der Waals surface area contributed by atoms with Crippen molar-refractivity contribution < 1.29 is 9.59 Å². The highest BCUT2D eigenvalue weighted by Gasteiger charge is 2.24. The van der Waals surface area contributed by atoms with Crippen LogP contribution >= 0.6 is 0 Å². The SMILES string of the molecule is CC(NC(N)=O)C(=O)NC1CCCc2cc(N)ccc21. The van der Waals surface area contributed by atoms with E-state index >= 15 is 0 Å². The summed E-state index contributed by atoms with van der Waals surface area (Å²) in [5, 5.41) is 5.32. The highest BCUT2D eigenvalue weighted by molar-refractivity contribution is 5.86. The minimum atomic E-state index is -0.704. The van der Waals surface area contributed by atoms with E-state index in [4.69, 9.17) is 11.5 Å². The lowest BCUT2D eigenvalue weighted by atomic mass is 9.87. The van der Waals surface area contributed by atoms with Gasteiger partial charge >= 0.3 is 6.03 Å². The van der Waals surface area contributed by atoms with Crippen LogP contribution in [0.1, 0.15) is 36.9 Å². The van der Waals surface area contributed by atoms with Crippen LogP contribution in [-0.2, 0) is 11.2 Å². The summed E-state index contributed by atoms with van der Waals surface area (Å²) in [5.41, 5.74) is 13.8. The van der Waals surface area contributed by atoms with Crippen molar-refractivity contribution in [2.75, 3.05) is 5.73 Å². The summed E-state index contributed by atoms with van der Waals surface area (Å²) in [4.78, 5) is 22.8. The Bertz CT molecular complexity index is 530. The molecule has 0 saturated heterocycles. The summed E-state index contributed by atoms with van der Waals surface area (Å²) in [6, 6.07) is 4.37. The molecule has 6 N–H and O–H groups in total. The summed E-state index contributed by atoms with van der Waals surface area (Å²) >= 11 is 0. The molecule has 0 aromatic heterocycles. The zero-order valence-electron chi connectivity index (χ0n) is 11.5. The number of nitrogen functional groups attached to an aromatic ring is 1. The molecule has 0 heterocycles. The predicted molar refractivity (Wildman–Crippen MR) is 76.9 cm³/mol. The topological polar surface area (TPSA) is 110 Å². The number of hydrogen-bond donors (Lipinski definition) is 4. The molecule has 0 spiro atoms. The van der Waals surface area contributed by atoms with Crippen LogP contribution in [0.25, 0.3) is 0 Å². The Labute approximate surface area is 117 Å². The molecule has 0 aliphatic heterocycles. The first-order valence-corrected chi connectivity index (χ1v) is 6.72. The highest BCUT2D eigenvalue weighted by Crippen LogP contribution is 2.30. The van der Waals surface area contributed by atoms with Gasteiger partial charge in [0.2, 0.25) is 5.91 Å². The molecule has 2 atom stereocenters. The van der Waals surface area contributed by atoms with Gasteiger partial charge in [-0.15, -0.1) is 0 Å². The van der Waals surface area contributed by atoms with Crippen LogP contribution < -0.4 is 22.1 Å². The number of hydrogen-bond acceptors (Lipinski definition) is 3. The standard InChI is InChI=1S/C14H20N4O2/c1-8(17-14(16)20)13(19)18-12-4-2-3-9-7-10(15)5-6-11(9)12/h5-8,12H,2-4,15H2,1H3,(H,18,19)(H3,16,17,20).